The first-order valence-electron chi connectivity index (χ1n) is 7.26. The number of hydrazine groups is 1. The van der Waals surface area contributed by atoms with Crippen LogP contribution in [0.1, 0.15) is 51.4 Å². The van der Waals surface area contributed by atoms with E-state index in [0.717, 1.165) is 49.0 Å². The van der Waals surface area contributed by atoms with Crippen LogP contribution in [0.25, 0.3) is 0 Å². The van der Waals surface area contributed by atoms with Gasteiger partial charge in [0, 0.05) is 25.1 Å². The number of aromatic nitrogens is 2. The maximum atomic E-state index is 5.57. The maximum Gasteiger partial charge on any atom is 0.148 e. The van der Waals surface area contributed by atoms with Gasteiger partial charge >= 0.3 is 0 Å². The van der Waals surface area contributed by atoms with Gasteiger partial charge in [-0.3, -0.25) is 0 Å². The van der Waals surface area contributed by atoms with Crippen LogP contribution in [0.5, 0.6) is 0 Å². The summed E-state index contributed by atoms with van der Waals surface area (Å²) in [5.74, 6) is 8.19. The third kappa shape index (κ3) is 4.06. The number of nitrogen functional groups attached to an aromatic ring is 1. The van der Waals surface area contributed by atoms with E-state index < -0.39 is 0 Å². The van der Waals surface area contributed by atoms with Crippen molar-refractivity contribution in [2.75, 3.05) is 23.4 Å². The zero-order valence-corrected chi connectivity index (χ0v) is 12.7. The number of nitrogens with one attached hydrogen (secondary N) is 1. The first-order chi connectivity index (χ1) is 9.17. The largest absolute Gasteiger partial charge is 0.357 e. The summed E-state index contributed by atoms with van der Waals surface area (Å²) < 4.78 is 0. The van der Waals surface area contributed by atoms with Crippen LogP contribution in [0, 0.1) is 6.92 Å². The van der Waals surface area contributed by atoms with E-state index in [4.69, 9.17) is 10.8 Å². The lowest BCUT2D eigenvalue weighted by atomic mass is 10.2. The fourth-order valence-corrected chi connectivity index (χ4v) is 2.10. The Morgan fingerprint density at radius 1 is 1.16 bits per heavy atom. The van der Waals surface area contributed by atoms with Crippen LogP contribution in [-0.4, -0.2) is 23.1 Å². The fourth-order valence-electron chi connectivity index (χ4n) is 2.10. The Labute approximate surface area is 116 Å². The van der Waals surface area contributed by atoms with Gasteiger partial charge in [0.25, 0.3) is 0 Å². The second-order valence-corrected chi connectivity index (χ2v) is 4.76. The molecule has 108 valence electrons. The lowest BCUT2D eigenvalue weighted by molar-refractivity contribution is 0.713. The van der Waals surface area contributed by atoms with Crippen LogP contribution in [0.3, 0.4) is 0 Å². The molecule has 0 bridgehead atoms. The highest BCUT2D eigenvalue weighted by molar-refractivity contribution is 5.58. The third-order valence-corrected chi connectivity index (χ3v) is 3.24. The topological polar surface area (TPSA) is 67.1 Å². The van der Waals surface area contributed by atoms with Crippen molar-refractivity contribution in [3.05, 3.63) is 11.4 Å². The molecule has 0 saturated carbocycles. The van der Waals surface area contributed by atoms with Gasteiger partial charge in [-0.1, -0.05) is 20.3 Å². The first-order valence-corrected chi connectivity index (χ1v) is 7.26. The summed E-state index contributed by atoms with van der Waals surface area (Å²) in [5.41, 5.74) is 3.72. The average Bonchev–Trinajstić information content (AvgIpc) is 2.42. The molecule has 0 saturated heterocycles. The predicted molar refractivity (Wildman–Crippen MR) is 81.4 cm³/mol. The molecule has 0 amide bonds. The molecule has 0 aliphatic carbocycles. The molecule has 1 aromatic rings. The molecular weight excluding hydrogens is 238 g/mol. The highest BCUT2D eigenvalue weighted by Gasteiger charge is 2.14. The minimum absolute atomic E-state index is 0.739. The molecule has 0 fully saturated rings. The zero-order valence-electron chi connectivity index (χ0n) is 12.7. The van der Waals surface area contributed by atoms with Gasteiger partial charge in [-0.15, -0.1) is 0 Å². The molecule has 1 aromatic heterocycles. The van der Waals surface area contributed by atoms with E-state index in [9.17, 15) is 0 Å². The Hall–Kier alpha value is -1.36. The van der Waals surface area contributed by atoms with Gasteiger partial charge in [-0.05, 0) is 26.7 Å². The van der Waals surface area contributed by atoms with Crippen LogP contribution in [0.15, 0.2) is 0 Å². The molecule has 0 aliphatic heterocycles. The van der Waals surface area contributed by atoms with Gasteiger partial charge in [-0.25, -0.2) is 15.8 Å². The summed E-state index contributed by atoms with van der Waals surface area (Å²) in [6.07, 6.45) is 4.27. The molecule has 0 atom stereocenters. The number of rotatable bonds is 8. The zero-order chi connectivity index (χ0) is 14.3. The van der Waals surface area contributed by atoms with Crippen LogP contribution in [0.4, 0.5) is 11.6 Å². The van der Waals surface area contributed by atoms with E-state index in [0.29, 0.717) is 0 Å². The van der Waals surface area contributed by atoms with Crippen molar-refractivity contribution in [3.63, 3.8) is 0 Å². The van der Waals surface area contributed by atoms with E-state index in [1.165, 1.54) is 12.8 Å². The van der Waals surface area contributed by atoms with E-state index in [1.807, 2.05) is 6.92 Å². The van der Waals surface area contributed by atoms with Crippen LogP contribution in [-0.2, 0) is 6.42 Å². The third-order valence-electron chi connectivity index (χ3n) is 3.24. The predicted octanol–water partition coefficient (Wildman–Crippen LogP) is 2.65. The van der Waals surface area contributed by atoms with Crippen molar-refractivity contribution in [1.82, 2.24) is 9.97 Å². The molecule has 5 nitrogen and oxygen atoms in total. The van der Waals surface area contributed by atoms with Gasteiger partial charge < -0.3 is 10.3 Å². The van der Waals surface area contributed by atoms with E-state index in [-0.39, 0.29) is 0 Å². The minimum atomic E-state index is 0.739. The molecule has 1 rings (SSSR count). The number of hydrogen-bond acceptors (Lipinski definition) is 5. The minimum Gasteiger partial charge on any atom is -0.357 e. The summed E-state index contributed by atoms with van der Waals surface area (Å²) >= 11 is 0. The number of unbranched alkanes of at least 4 members (excludes halogenated alkanes) is 1. The van der Waals surface area contributed by atoms with Crippen molar-refractivity contribution in [1.29, 1.82) is 0 Å². The van der Waals surface area contributed by atoms with E-state index in [2.05, 4.69) is 36.1 Å². The summed E-state index contributed by atoms with van der Waals surface area (Å²) in [6, 6.07) is 0. The van der Waals surface area contributed by atoms with E-state index in [1.54, 1.807) is 0 Å². The molecule has 0 unspecified atom stereocenters. The molecule has 0 radical (unpaired) electrons. The Kier molecular flexibility index (Phi) is 6.56. The highest BCUT2D eigenvalue weighted by Crippen LogP contribution is 2.23. The quantitative estimate of drug-likeness (QED) is 0.559. The summed E-state index contributed by atoms with van der Waals surface area (Å²) in [7, 11) is 0. The first kappa shape index (κ1) is 15.7. The number of aryl methyl sites for hydroxylation is 1. The van der Waals surface area contributed by atoms with Gasteiger partial charge in [0.1, 0.15) is 17.5 Å². The average molecular weight is 265 g/mol. The number of nitrogens with zero attached hydrogens (tertiary/aromatic N) is 3. The summed E-state index contributed by atoms with van der Waals surface area (Å²) in [4.78, 5) is 11.5. The number of hydrogen-bond donors (Lipinski definition) is 2. The Morgan fingerprint density at radius 3 is 2.42 bits per heavy atom. The lowest BCUT2D eigenvalue weighted by Crippen LogP contribution is -2.27. The molecule has 3 N–H and O–H groups in total. The standard InChI is InChI=1S/C14H27N5/c1-5-8-10-19(7-3)14-11(4)13(18-15)16-12(17-14)9-6-2/h5-10,15H2,1-4H3,(H,16,17,18). The van der Waals surface area contributed by atoms with Crippen LogP contribution >= 0.6 is 0 Å². The SMILES string of the molecule is CCCCN(CC)c1nc(CCC)nc(NN)c1C. The lowest BCUT2D eigenvalue weighted by Gasteiger charge is -2.25. The van der Waals surface area contributed by atoms with Gasteiger partial charge in [0.05, 0.1) is 0 Å². The monoisotopic (exact) mass is 265 g/mol. The van der Waals surface area contributed by atoms with Crippen molar-refractivity contribution in [2.45, 2.75) is 53.4 Å². The molecular formula is C14H27N5. The normalized spacial score (nSPS) is 10.6. The fraction of sp³-hybridized carbons (Fsp3) is 0.714. The van der Waals surface area contributed by atoms with Gasteiger partial charge in [-0.2, -0.15) is 0 Å². The van der Waals surface area contributed by atoms with Crippen molar-refractivity contribution < 1.29 is 0 Å². The van der Waals surface area contributed by atoms with Crippen LogP contribution in [0.2, 0.25) is 0 Å². The maximum absolute atomic E-state index is 5.57. The molecule has 1 heterocycles. The number of anilines is 2. The highest BCUT2D eigenvalue weighted by atomic mass is 15.3. The van der Waals surface area contributed by atoms with Gasteiger partial charge in [0.15, 0.2) is 0 Å². The molecule has 0 aromatic carbocycles. The van der Waals surface area contributed by atoms with Crippen LogP contribution < -0.4 is 16.2 Å². The Balaban J connectivity index is 3.10. The second kappa shape index (κ2) is 7.94. The summed E-state index contributed by atoms with van der Waals surface area (Å²) in [6.45, 7) is 10.5. The smallest absolute Gasteiger partial charge is 0.148 e. The van der Waals surface area contributed by atoms with Crippen molar-refractivity contribution in [3.8, 4) is 0 Å². The molecule has 5 heteroatoms. The van der Waals surface area contributed by atoms with E-state index >= 15 is 0 Å². The molecule has 19 heavy (non-hydrogen) atoms. The van der Waals surface area contributed by atoms with Gasteiger partial charge in [0.2, 0.25) is 0 Å². The Morgan fingerprint density at radius 2 is 1.89 bits per heavy atom. The van der Waals surface area contributed by atoms with Crippen molar-refractivity contribution >= 4 is 11.6 Å². The summed E-state index contributed by atoms with van der Waals surface area (Å²) in [5, 5.41) is 0. The second-order valence-electron chi connectivity index (χ2n) is 4.76. The number of nitrogens with two attached hydrogens (primary N) is 1. The van der Waals surface area contributed by atoms with Crippen molar-refractivity contribution in [2.24, 2.45) is 5.84 Å². The molecule has 0 aliphatic rings. The molecule has 0 spiro atoms. The Bertz CT molecular complexity index is 392.